The predicted molar refractivity (Wildman–Crippen MR) is 88.3 cm³/mol. The minimum atomic E-state index is -0.432. The van der Waals surface area contributed by atoms with Crippen molar-refractivity contribution in [3.05, 3.63) is 34.9 Å². The van der Waals surface area contributed by atoms with Gasteiger partial charge in [0.2, 0.25) is 0 Å². The second-order valence-electron chi connectivity index (χ2n) is 7.06. The quantitative estimate of drug-likeness (QED) is 0.291. The number of nitrogens with two attached hydrogens (primary N) is 1. The first-order valence-corrected chi connectivity index (χ1v) is 7.72. The summed E-state index contributed by atoms with van der Waals surface area (Å²) < 4.78 is 5.40. The molecule has 0 spiro atoms. The monoisotopic (exact) mass is 319 g/mol. The van der Waals surface area contributed by atoms with Crippen LogP contribution in [0.1, 0.15) is 37.5 Å². The van der Waals surface area contributed by atoms with E-state index in [9.17, 15) is 4.79 Å². The third-order valence-corrected chi connectivity index (χ3v) is 3.78. The number of oxime groups is 1. The molecule has 0 aromatic heterocycles. The Hall–Kier alpha value is -2.08. The van der Waals surface area contributed by atoms with E-state index in [4.69, 9.17) is 15.7 Å². The maximum Gasteiger partial charge on any atom is 0.312 e. The van der Waals surface area contributed by atoms with Crippen LogP contribution in [0.3, 0.4) is 0 Å². The number of esters is 1. The summed E-state index contributed by atoms with van der Waals surface area (Å²) >= 11 is 0. The van der Waals surface area contributed by atoms with Gasteiger partial charge in [0, 0.05) is 25.2 Å². The molecule has 23 heavy (non-hydrogen) atoms. The SMILES string of the molecule is Cc1cc(CN2CC(C(=O)OC(C)(C)C)C2)ccc1/C(N)=N/O. The molecule has 1 fully saturated rings. The smallest absolute Gasteiger partial charge is 0.312 e. The van der Waals surface area contributed by atoms with Gasteiger partial charge in [0.05, 0.1) is 5.92 Å². The number of carbonyl (C=O) groups is 1. The molecule has 0 aliphatic carbocycles. The van der Waals surface area contributed by atoms with E-state index in [0.717, 1.165) is 36.3 Å². The summed E-state index contributed by atoms with van der Waals surface area (Å²) in [6, 6.07) is 5.83. The Morgan fingerprint density at radius 2 is 2.09 bits per heavy atom. The van der Waals surface area contributed by atoms with E-state index in [0.29, 0.717) is 0 Å². The number of likely N-dealkylation sites (tertiary alicyclic amines) is 1. The van der Waals surface area contributed by atoms with Gasteiger partial charge in [-0.25, -0.2) is 0 Å². The molecule has 0 amide bonds. The highest BCUT2D eigenvalue weighted by molar-refractivity contribution is 5.98. The molecule has 0 radical (unpaired) electrons. The molecule has 1 saturated heterocycles. The molecular weight excluding hydrogens is 294 g/mol. The van der Waals surface area contributed by atoms with Crippen LogP contribution in [0.4, 0.5) is 0 Å². The Morgan fingerprint density at radius 1 is 1.43 bits per heavy atom. The summed E-state index contributed by atoms with van der Waals surface area (Å²) in [6.45, 7) is 9.78. The van der Waals surface area contributed by atoms with Gasteiger partial charge in [0.1, 0.15) is 5.60 Å². The van der Waals surface area contributed by atoms with Crippen molar-refractivity contribution in [1.82, 2.24) is 4.90 Å². The fourth-order valence-corrected chi connectivity index (χ4v) is 2.66. The van der Waals surface area contributed by atoms with Crippen LogP contribution < -0.4 is 5.73 Å². The van der Waals surface area contributed by atoms with Crippen LogP contribution in [-0.2, 0) is 16.1 Å². The number of nitrogens with zero attached hydrogens (tertiary/aromatic N) is 2. The van der Waals surface area contributed by atoms with Crippen molar-refractivity contribution >= 4 is 11.8 Å². The zero-order valence-electron chi connectivity index (χ0n) is 14.2. The molecule has 0 bridgehead atoms. The Balaban J connectivity index is 1.89. The minimum Gasteiger partial charge on any atom is -0.460 e. The van der Waals surface area contributed by atoms with Crippen LogP contribution in [0.5, 0.6) is 0 Å². The lowest BCUT2D eigenvalue weighted by molar-refractivity contribution is -0.166. The first kappa shape index (κ1) is 17.3. The molecule has 0 atom stereocenters. The lowest BCUT2D eigenvalue weighted by Gasteiger charge is -2.38. The molecule has 126 valence electrons. The summed E-state index contributed by atoms with van der Waals surface area (Å²) in [5.41, 5.74) is 8.02. The van der Waals surface area contributed by atoms with E-state index >= 15 is 0 Å². The summed E-state index contributed by atoms with van der Waals surface area (Å²) in [5.74, 6) is -0.0399. The molecule has 0 saturated carbocycles. The maximum atomic E-state index is 11.9. The van der Waals surface area contributed by atoms with Gasteiger partial charge in [0.15, 0.2) is 5.84 Å². The zero-order valence-corrected chi connectivity index (χ0v) is 14.2. The lowest BCUT2D eigenvalue weighted by atomic mass is 9.98. The van der Waals surface area contributed by atoms with Gasteiger partial charge >= 0.3 is 5.97 Å². The summed E-state index contributed by atoms with van der Waals surface area (Å²) in [7, 11) is 0. The standard InChI is InChI=1S/C17H25N3O3/c1-11-7-12(5-6-14(11)15(18)19-22)8-20-9-13(10-20)16(21)23-17(2,3)4/h5-7,13,22H,8-10H2,1-4H3,(H2,18,19). The Kier molecular flexibility index (Phi) is 4.94. The van der Waals surface area contributed by atoms with Crippen molar-refractivity contribution in [1.29, 1.82) is 0 Å². The Labute approximate surface area is 136 Å². The molecule has 1 aromatic carbocycles. The fraction of sp³-hybridized carbons (Fsp3) is 0.529. The lowest BCUT2D eigenvalue weighted by Crippen LogP contribution is -2.51. The molecule has 1 heterocycles. The van der Waals surface area contributed by atoms with Crippen molar-refractivity contribution < 1.29 is 14.7 Å². The van der Waals surface area contributed by atoms with Gasteiger partial charge in [-0.2, -0.15) is 0 Å². The second-order valence-corrected chi connectivity index (χ2v) is 7.06. The van der Waals surface area contributed by atoms with Crippen LogP contribution in [0.15, 0.2) is 23.4 Å². The molecule has 1 aliphatic heterocycles. The number of aryl methyl sites for hydroxylation is 1. The Morgan fingerprint density at radius 3 is 2.61 bits per heavy atom. The topological polar surface area (TPSA) is 88.2 Å². The van der Waals surface area contributed by atoms with E-state index in [1.807, 2.05) is 45.9 Å². The van der Waals surface area contributed by atoms with Gasteiger partial charge in [-0.05, 0) is 38.8 Å². The normalized spacial score (nSPS) is 17.0. The van der Waals surface area contributed by atoms with E-state index in [1.54, 1.807) is 0 Å². The first-order valence-electron chi connectivity index (χ1n) is 7.72. The van der Waals surface area contributed by atoms with Crippen LogP contribution in [0.25, 0.3) is 0 Å². The van der Waals surface area contributed by atoms with Crippen LogP contribution >= 0.6 is 0 Å². The number of hydrogen-bond donors (Lipinski definition) is 2. The highest BCUT2D eigenvalue weighted by Crippen LogP contribution is 2.23. The molecule has 6 heteroatoms. The predicted octanol–water partition coefficient (Wildman–Crippen LogP) is 1.86. The van der Waals surface area contributed by atoms with Crippen molar-refractivity contribution in [2.75, 3.05) is 13.1 Å². The largest absolute Gasteiger partial charge is 0.460 e. The average Bonchev–Trinajstić information content (AvgIpc) is 2.39. The molecule has 6 nitrogen and oxygen atoms in total. The highest BCUT2D eigenvalue weighted by atomic mass is 16.6. The maximum absolute atomic E-state index is 11.9. The zero-order chi connectivity index (χ0) is 17.2. The molecule has 1 aliphatic rings. The number of amidine groups is 1. The van der Waals surface area contributed by atoms with Gasteiger partial charge in [-0.15, -0.1) is 0 Å². The summed E-state index contributed by atoms with van der Waals surface area (Å²) in [5, 5.41) is 11.8. The van der Waals surface area contributed by atoms with Crippen LogP contribution in [0, 0.1) is 12.8 Å². The third-order valence-electron chi connectivity index (χ3n) is 3.78. The van der Waals surface area contributed by atoms with Gasteiger partial charge < -0.3 is 15.7 Å². The number of rotatable bonds is 4. The number of ether oxygens (including phenoxy) is 1. The fourth-order valence-electron chi connectivity index (χ4n) is 2.66. The van der Waals surface area contributed by atoms with Gasteiger partial charge in [0.25, 0.3) is 0 Å². The van der Waals surface area contributed by atoms with Crippen molar-refractivity contribution in [3.8, 4) is 0 Å². The van der Waals surface area contributed by atoms with Crippen molar-refractivity contribution in [3.63, 3.8) is 0 Å². The number of benzene rings is 1. The van der Waals surface area contributed by atoms with Crippen LogP contribution in [0.2, 0.25) is 0 Å². The third kappa shape index (κ3) is 4.45. The molecule has 0 unspecified atom stereocenters. The molecule has 3 N–H and O–H groups in total. The summed E-state index contributed by atoms with van der Waals surface area (Å²) in [6.07, 6.45) is 0. The van der Waals surface area contributed by atoms with E-state index in [-0.39, 0.29) is 17.7 Å². The molecule has 2 rings (SSSR count). The van der Waals surface area contributed by atoms with Crippen molar-refractivity contribution in [2.45, 2.75) is 39.8 Å². The van der Waals surface area contributed by atoms with Gasteiger partial charge in [-0.1, -0.05) is 23.4 Å². The van der Waals surface area contributed by atoms with Crippen molar-refractivity contribution in [2.24, 2.45) is 16.8 Å². The number of hydrogen-bond acceptors (Lipinski definition) is 5. The summed E-state index contributed by atoms with van der Waals surface area (Å²) in [4.78, 5) is 14.1. The average molecular weight is 319 g/mol. The van der Waals surface area contributed by atoms with Crippen LogP contribution in [-0.4, -0.2) is 40.6 Å². The van der Waals surface area contributed by atoms with E-state index in [2.05, 4.69) is 10.1 Å². The number of carbonyl (C=O) groups excluding carboxylic acids is 1. The molecular formula is C17H25N3O3. The van der Waals surface area contributed by atoms with Gasteiger partial charge in [-0.3, -0.25) is 9.69 Å². The highest BCUT2D eigenvalue weighted by Gasteiger charge is 2.35. The van der Waals surface area contributed by atoms with E-state index < -0.39 is 5.60 Å². The van der Waals surface area contributed by atoms with E-state index in [1.165, 1.54) is 0 Å². The Bertz CT molecular complexity index is 614. The first-order chi connectivity index (χ1) is 10.7. The molecule has 1 aromatic rings. The second kappa shape index (κ2) is 6.58. The minimum absolute atomic E-state index is 0.0354.